The molecule has 0 saturated heterocycles. The number of benzene rings is 1. The number of carbonyl (C=O) groups is 7. The van der Waals surface area contributed by atoms with Crippen molar-refractivity contribution in [3.63, 3.8) is 0 Å². The quantitative estimate of drug-likeness (QED) is 0.139. The van der Waals surface area contributed by atoms with E-state index in [0.29, 0.717) is 11.1 Å². The predicted octanol–water partition coefficient (Wildman–Crippen LogP) is -0.170. The zero-order valence-corrected chi connectivity index (χ0v) is 27.4. The normalized spacial score (nSPS) is 12.8. The van der Waals surface area contributed by atoms with E-state index >= 15 is 0 Å². The second-order valence-corrected chi connectivity index (χ2v) is 11.9. The lowest BCUT2D eigenvalue weighted by Crippen LogP contribution is -2.58. The molecule has 1 aromatic carbocycles. The number of nitrogens with one attached hydrogen (secondary N) is 3. The topological polar surface area (TPSA) is 242 Å². The Morgan fingerprint density at radius 3 is 2.04 bits per heavy atom. The number of ether oxygens (including phenoxy) is 2. The number of rotatable bonds is 17. The van der Waals surface area contributed by atoms with Gasteiger partial charge in [-0.2, -0.15) is 0 Å². The number of pyridine rings is 1. The number of hydrogen-bond acceptors (Lipinski definition) is 10. The first-order chi connectivity index (χ1) is 22.5. The highest BCUT2D eigenvalue weighted by atomic mass is 16.6. The van der Waals surface area contributed by atoms with Crippen molar-refractivity contribution in [2.75, 3.05) is 13.6 Å². The lowest BCUT2D eigenvalue weighted by molar-refractivity contribution is -0.155. The molecule has 260 valence electrons. The molecule has 0 aliphatic heterocycles. The van der Waals surface area contributed by atoms with Gasteiger partial charge in [-0.05, 0) is 44.4 Å². The van der Waals surface area contributed by atoms with E-state index < -0.39 is 78.3 Å². The van der Waals surface area contributed by atoms with E-state index in [2.05, 4.69) is 20.9 Å². The minimum atomic E-state index is -1.60. The van der Waals surface area contributed by atoms with Gasteiger partial charge in [-0.1, -0.05) is 36.4 Å². The van der Waals surface area contributed by atoms with E-state index in [1.165, 1.54) is 19.4 Å². The van der Waals surface area contributed by atoms with Crippen LogP contribution in [0, 0.1) is 0 Å². The van der Waals surface area contributed by atoms with Gasteiger partial charge in [-0.15, -0.1) is 0 Å². The molecular weight excluding hydrogens is 626 g/mol. The summed E-state index contributed by atoms with van der Waals surface area (Å²) in [5.74, 6) is -5.00. The monoisotopic (exact) mass is 669 g/mol. The van der Waals surface area contributed by atoms with Gasteiger partial charge in [0.2, 0.25) is 29.5 Å². The van der Waals surface area contributed by atoms with Crippen LogP contribution in [0.25, 0.3) is 0 Å². The fourth-order valence-electron chi connectivity index (χ4n) is 4.32. The molecule has 0 aliphatic rings. The molecule has 16 nitrogen and oxygen atoms in total. The summed E-state index contributed by atoms with van der Waals surface area (Å²) < 4.78 is 10.5. The second kappa shape index (κ2) is 18.6. The summed E-state index contributed by atoms with van der Waals surface area (Å²) in [7, 11) is 1.32. The summed E-state index contributed by atoms with van der Waals surface area (Å²) in [5, 5.41) is 7.28. The van der Waals surface area contributed by atoms with Crippen LogP contribution in [0.5, 0.6) is 0 Å². The fraction of sp³-hybridized carbons (Fsp3) is 0.438. The first-order valence-electron chi connectivity index (χ1n) is 15.0. The number of nitrogens with two attached hydrogens (primary N) is 2. The molecule has 6 amide bonds. The van der Waals surface area contributed by atoms with Crippen molar-refractivity contribution in [1.82, 2.24) is 25.8 Å². The van der Waals surface area contributed by atoms with Crippen LogP contribution in [0.4, 0.5) is 4.79 Å². The van der Waals surface area contributed by atoms with Gasteiger partial charge in [-0.25, -0.2) is 4.79 Å². The van der Waals surface area contributed by atoms with Gasteiger partial charge in [-0.3, -0.25) is 33.8 Å². The summed E-state index contributed by atoms with van der Waals surface area (Å²) in [6.07, 6.45) is 0.702. The van der Waals surface area contributed by atoms with Crippen molar-refractivity contribution in [2.45, 2.75) is 76.8 Å². The van der Waals surface area contributed by atoms with Gasteiger partial charge in [0, 0.05) is 32.3 Å². The minimum Gasteiger partial charge on any atom is -0.460 e. The van der Waals surface area contributed by atoms with E-state index in [0.717, 1.165) is 4.90 Å². The van der Waals surface area contributed by atoms with E-state index in [9.17, 15) is 33.6 Å². The molecule has 0 bridgehead atoms. The predicted molar refractivity (Wildman–Crippen MR) is 171 cm³/mol. The van der Waals surface area contributed by atoms with Crippen LogP contribution in [0.3, 0.4) is 0 Å². The van der Waals surface area contributed by atoms with E-state index in [1.54, 1.807) is 63.2 Å². The summed E-state index contributed by atoms with van der Waals surface area (Å²) >= 11 is 0. The maximum Gasteiger partial charge on any atom is 0.408 e. The van der Waals surface area contributed by atoms with Crippen molar-refractivity contribution in [3.05, 3.63) is 66.0 Å². The van der Waals surface area contributed by atoms with Gasteiger partial charge < -0.3 is 41.8 Å². The number of amides is 6. The van der Waals surface area contributed by atoms with Crippen LogP contribution in [-0.4, -0.2) is 88.8 Å². The van der Waals surface area contributed by atoms with E-state index in [1.807, 2.05) is 0 Å². The van der Waals surface area contributed by atoms with Crippen LogP contribution in [0.15, 0.2) is 54.9 Å². The zero-order valence-electron chi connectivity index (χ0n) is 27.4. The van der Waals surface area contributed by atoms with Crippen LogP contribution in [-0.2, 0) is 51.3 Å². The number of carbonyl (C=O) groups excluding carboxylic acids is 7. The molecule has 2 rings (SSSR count). The van der Waals surface area contributed by atoms with Gasteiger partial charge in [0.25, 0.3) is 0 Å². The molecule has 1 aromatic heterocycles. The Labute approximate surface area is 278 Å². The third-order valence-electron chi connectivity index (χ3n) is 6.46. The highest BCUT2D eigenvalue weighted by molar-refractivity contribution is 5.96. The molecule has 0 fully saturated rings. The Morgan fingerprint density at radius 1 is 0.833 bits per heavy atom. The van der Waals surface area contributed by atoms with Crippen molar-refractivity contribution in [3.8, 4) is 0 Å². The third-order valence-corrected chi connectivity index (χ3v) is 6.46. The molecule has 3 atom stereocenters. The molecule has 0 radical (unpaired) electrons. The van der Waals surface area contributed by atoms with E-state index in [-0.39, 0.29) is 25.9 Å². The number of alkyl carbamates (subject to hydrolysis) is 1. The van der Waals surface area contributed by atoms with Gasteiger partial charge in [0.15, 0.2) is 0 Å². The number of aromatic nitrogens is 1. The largest absolute Gasteiger partial charge is 0.460 e. The summed E-state index contributed by atoms with van der Waals surface area (Å²) in [6.45, 7) is 4.44. The maximum atomic E-state index is 13.5. The summed E-state index contributed by atoms with van der Waals surface area (Å²) in [6, 6.07) is 7.74. The van der Waals surface area contributed by atoms with Crippen LogP contribution in [0.1, 0.15) is 51.2 Å². The minimum absolute atomic E-state index is 0.0634. The van der Waals surface area contributed by atoms with Crippen molar-refractivity contribution >= 4 is 41.6 Å². The Hall–Kier alpha value is -5.54. The van der Waals surface area contributed by atoms with Crippen LogP contribution < -0.4 is 27.4 Å². The zero-order chi connectivity index (χ0) is 35.9. The summed E-state index contributed by atoms with van der Waals surface area (Å²) in [4.78, 5) is 93.7. The molecule has 2 aromatic rings. The molecule has 0 saturated carbocycles. The molecule has 7 N–H and O–H groups in total. The van der Waals surface area contributed by atoms with E-state index in [4.69, 9.17) is 20.9 Å². The third kappa shape index (κ3) is 14.7. The summed E-state index contributed by atoms with van der Waals surface area (Å²) in [5.41, 5.74) is 11.0. The van der Waals surface area contributed by atoms with Crippen molar-refractivity contribution in [1.29, 1.82) is 0 Å². The van der Waals surface area contributed by atoms with Crippen LogP contribution >= 0.6 is 0 Å². The smallest absolute Gasteiger partial charge is 0.408 e. The molecular formula is C32H43N7O9. The fourth-order valence-corrected chi connectivity index (χ4v) is 4.32. The Morgan fingerprint density at radius 2 is 1.46 bits per heavy atom. The Bertz CT molecular complexity index is 1430. The van der Waals surface area contributed by atoms with Crippen molar-refractivity contribution in [2.24, 2.45) is 11.5 Å². The molecule has 0 unspecified atom stereocenters. The average molecular weight is 670 g/mol. The molecule has 0 aliphatic carbocycles. The molecule has 1 heterocycles. The SMILES string of the molecule is CN(CC(N)=O)C(=O)[C@H](Cc1cccnc1)NC(=O)[C@H](CC(N)=O)NC(=O)[C@H](CCC(=O)OC(C)(C)C)NC(=O)OCc1ccccc1. The van der Waals surface area contributed by atoms with Crippen molar-refractivity contribution < 1.29 is 43.0 Å². The maximum absolute atomic E-state index is 13.5. The standard InChI is InChI=1S/C32H43N7O9/c1-32(2,3)48-27(42)13-12-22(38-31(46)47-19-20-9-6-5-7-10-20)28(43)36-23(16-25(33)40)29(44)37-24(15-21-11-8-14-35-17-21)30(45)39(4)18-26(34)41/h5-11,14,17,22-24H,12-13,15-16,18-19H2,1-4H3,(H2,33,40)(H2,34,41)(H,36,43)(H,37,44)(H,38,46)/t22-,23-,24-/m0/s1. The van der Waals surface area contributed by atoms with Gasteiger partial charge in [0.1, 0.15) is 30.3 Å². The Kier molecular flexibility index (Phi) is 14.9. The van der Waals surface area contributed by atoms with Gasteiger partial charge in [0.05, 0.1) is 13.0 Å². The number of esters is 1. The van der Waals surface area contributed by atoms with Gasteiger partial charge >= 0.3 is 12.1 Å². The number of primary amides is 2. The molecule has 48 heavy (non-hydrogen) atoms. The first-order valence-corrected chi connectivity index (χ1v) is 15.0. The number of hydrogen-bond donors (Lipinski definition) is 5. The number of nitrogens with zero attached hydrogens (tertiary/aromatic N) is 2. The van der Waals surface area contributed by atoms with Crippen LogP contribution in [0.2, 0.25) is 0 Å². The average Bonchev–Trinajstić information content (AvgIpc) is 3.00. The Balaban J connectivity index is 2.26. The molecule has 16 heteroatoms. The second-order valence-electron chi connectivity index (χ2n) is 11.9. The molecule has 0 spiro atoms. The lowest BCUT2D eigenvalue weighted by Gasteiger charge is -2.27. The lowest BCUT2D eigenvalue weighted by atomic mass is 10.0. The highest BCUT2D eigenvalue weighted by Gasteiger charge is 2.33. The highest BCUT2D eigenvalue weighted by Crippen LogP contribution is 2.12. The first kappa shape index (κ1) is 38.6. The number of likely N-dealkylation sites (N-methyl/N-ethyl adjacent to an activating group) is 1.